The van der Waals surface area contributed by atoms with Gasteiger partial charge in [0, 0.05) is 65.2 Å². The summed E-state index contributed by atoms with van der Waals surface area (Å²) in [6, 6.07) is 10.8. The predicted molar refractivity (Wildman–Crippen MR) is 125 cm³/mol. The van der Waals surface area contributed by atoms with Crippen LogP contribution in [0.15, 0.2) is 35.3 Å². The Labute approximate surface area is 186 Å². The SMILES string of the molecule is CCNC(=NCCCc1nnc2n1CCCCC2)N1CCN(Cc2ccccc2)CC1. The Bertz CT molecular complexity index is 822. The normalized spacial score (nSPS) is 18.0. The summed E-state index contributed by atoms with van der Waals surface area (Å²) in [6.07, 6.45) is 6.84. The molecule has 2 aromatic rings. The van der Waals surface area contributed by atoms with Crippen molar-refractivity contribution in [1.82, 2.24) is 29.9 Å². The molecule has 7 heteroatoms. The van der Waals surface area contributed by atoms with Crippen molar-refractivity contribution >= 4 is 5.96 Å². The average Bonchev–Trinajstić information content (AvgIpc) is 3.03. The van der Waals surface area contributed by atoms with E-state index in [1.807, 2.05) is 0 Å². The van der Waals surface area contributed by atoms with Gasteiger partial charge in [-0.1, -0.05) is 36.8 Å². The van der Waals surface area contributed by atoms with Gasteiger partial charge < -0.3 is 14.8 Å². The molecule has 0 radical (unpaired) electrons. The van der Waals surface area contributed by atoms with Gasteiger partial charge in [0.2, 0.25) is 0 Å². The molecule has 4 rings (SSSR count). The molecule has 1 aromatic heterocycles. The summed E-state index contributed by atoms with van der Waals surface area (Å²) in [4.78, 5) is 9.88. The van der Waals surface area contributed by atoms with E-state index in [2.05, 4.69) is 67.1 Å². The van der Waals surface area contributed by atoms with E-state index in [1.54, 1.807) is 0 Å². The summed E-state index contributed by atoms with van der Waals surface area (Å²) in [5, 5.41) is 12.4. The maximum atomic E-state index is 4.93. The lowest BCUT2D eigenvalue weighted by atomic mass is 10.2. The van der Waals surface area contributed by atoms with Gasteiger partial charge in [0.05, 0.1) is 0 Å². The first kappa shape index (κ1) is 21.8. The van der Waals surface area contributed by atoms with Crippen molar-refractivity contribution in [3.63, 3.8) is 0 Å². The Kier molecular flexibility index (Phi) is 7.93. The first-order valence-corrected chi connectivity index (χ1v) is 12.0. The molecular weight excluding hydrogens is 386 g/mol. The van der Waals surface area contributed by atoms with E-state index in [9.17, 15) is 0 Å². The van der Waals surface area contributed by atoms with E-state index in [0.29, 0.717) is 0 Å². The molecule has 1 saturated heterocycles. The minimum Gasteiger partial charge on any atom is -0.357 e. The van der Waals surface area contributed by atoms with E-state index >= 15 is 0 Å². The second kappa shape index (κ2) is 11.3. The van der Waals surface area contributed by atoms with Crippen molar-refractivity contribution in [2.75, 3.05) is 39.3 Å². The van der Waals surface area contributed by atoms with Gasteiger partial charge in [-0.3, -0.25) is 9.89 Å². The summed E-state index contributed by atoms with van der Waals surface area (Å²) in [6.45, 7) is 10.2. The number of nitrogens with one attached hydrogen (secondary N) is 1. The first-order chi connectivity index (χ1) is 15.3. The highest BCUT2D eigenvalue weighted by Crippen LogP contribution is 2.15. The second-order valence-corrected chi connectivity index (χ2v) is 8.58. The Morgan fingerprint density at radius 2 is 1.84 bits per heavy atom. The number of guanidine groups is 1. The van der Waals surface area contributed by atoms with Crippen LogP contribution in [-0.4, -0.2) is 69.8 Å². The van der Waals surface area contributed by atoms with Gasteiger partial charge in [0.1, 0.15) is 11.6 Å². The van der Waals surface area contributed by atoms with E-state index in [1.165, 1.54) is 30.7 Å². The summed E-state index contributed by atoms with van der Waals surface area (Å²) in [7, 11) is 0. The number of hydrogen-bond acceptors (Lipinski definition) is 4. The van der Waals surface area contributed by atoms with Gasteiger partial charge in [-0.2, -0.15) is 0 Å². The molecule has 168 valence electrons. The highest BCUT2D eigenvalue weighted by Gasteiger charge is 2.19. The number of nitrogens with zero attached hydrogens (tertiary/aromatic N) is 6. The van der Waals surface area contributed by atoms with E-state index in [4.69, 9.17) is 4.99 Å². The molecule has 7 nitrogen and oxygen atoms in total. The van der Waals surface area contributed by atoms with Crippen molar-refractivity contribution in [2.45, 2.75) is 58.5 Å². The molecular formula is C24H37N7. The average molecular weight is 424 g/mol. The molecule has 0 aliphatic carbocycles. The highest BCUT2D eigenvalue weighted by atomic mass is 15.3. The van der Waals surface area contributed by atoms with Crippen LogP contribution in [0.2, 0.25) is 0 Å². The lowest BCUT2D eigenvalue weighted by Gasteiger charge is -2.36. The zero-order valence-corrected chi connectivity index (χ0v) is 19.0. The maximum Gasteiger partial charge on any atom is 0.194 e. The number of benzene rings is 1. The third kappa shape index (κ3) is 6.06. The van der Waals surface area contributed by atoms with Gasteiger partial charge in [-0.25, -0.2) is 0 Å². The molecule has 3 heterocycles. The summed E-state index contributed by atoms with van der Waals surface area (Å²) in [5.41, 5.74) is 1.39. The van der Waals surface area contributed by atoms with Gasteiger partial charge in [0.25, 0.3) is 0 Å². The Morgan fingerprint density at radius 1 is 1.00 bits per heavy atom. The van der Waals surface area contributed by atoms with E-state index < -0.39 is 0 Å². The maximum absolute atomic E-state index is 4.93. The highest BCUT2D eigenvalue weighted by molar-refractivity contribution is 5.80. The largest absolute Gasteiger partial charge is 0.357 e. The Hall–Kier alpha value is -2.41. The van der Waals surface area contributed by atoms with Crippen LogP contribution in [0.25, 0.3) is 0 Å². The fraction of sp³-hybridized carbons (Fsp3) is 0.625. The zero-order chi connectivity index (χ0) is 21.3. The fourth-order valence-corrected chi connectivity index (χ4v) is 4.54. The Balaban J connectivity index is 1.25. The summed E-state index contributed by atoms with van der Waals surface area (Å²) < 4.78 is 2.36. The predicted octanol–water partition coefficient (Wildman–Crippen LogP) is 2.72. The van der Waals surface area contributed by atoms with Crippen molar-refractivity contribution in [2.24, 2.45) is 4.99 Å². The second-order valence-electron chi connectivity index (χ2n) is 8.58. The molecule has 0 amide bonds. The fourth-order valence-electron chi connectivity index (χ4n) is 4.54. The lowest BCUT2D eigenvalue weighted by molar-refractivity contribution is 0.172. The summed E-state index contributed by atoms with van der Waals surface area (Å²) in [5.74, 6) is 3.38. The van der Waals surface area contributed by atoms with Crippen LogP contribution in [0.3, 0.4) is 0 Å². The third-order valence-corrected chi connectivity index (χ3v) is 6.26. The molecule has 2 aliphatic rings. The van der Waals surface area contributed by atoms with Gasteiger partial charge in [-0.15, -0.1) is 10.2 Å². The van der Waals surface area contributed by atoms with Crippen LogP contribution in [0.4, 0.5) is 0 Å². The minimum absolute atomic E-state index is 0.828. The molecule has 1 fully saturated rings. The molecule has 1 N–H and O–H groups in total. The van der Waals surface area contributed by atoms with Crippen LogP contribution in [0.1, 0.15) is 49.8 Å². The topological polar surface area (TPSA) is 61.6 Å². The van der Waals surface area contributed by atoms with Crippen LogP contribution < -0.4 is 5.32 Å². The summed E-state index contributed by atoms with van der Waals surface area (Å²) >= 11 is 0. The molecule has 31 heavy (non-hydrogen) atoms. The first-order valence-electron chi connectivity index (χ1n) is 12.0. The number of fused-ring (bicyclic) bond motifs is 1. The smallest absolute Gasteiger partial charge is 0.194 e. The third-order valence-electron chi connectivity index (χ3n) is 6.26. The molecule has 2 aliphatic heterocycles. The van der Waals surface area contributed by atoms with Gasteiger partial charge >= 0.3 is 0 Å². The molecule has 0 unspecified atom stereocenters. The number of rotatable bonds is 7. The van der Waals surface area contributed by atoms with Crippen molar-refractivity contribution in [3.05, 3.63) is 47.5 Å². The van der Waals surface area contributed by atoms with E-state index in [0.717, 1.165) is 83.4 Å². The monoisotopic (exact) mass is 423 g/mol. The number of piperazine rings is 1. The van der Waals surface area contributed by atoms with Crippen LogP contribution in [0, 0.1) is 0 Å². The van der Waals surface area contributed by atoms with Gasteiger partial charge in [-0.05, 0) is 31.7 Å². The van der Waals surface area contributed by atoms with Crippen LogP contribution >= 0.6 is 0 Å². The molecule has 0 atom stereocenters. The number of aryl methyl sites for hydroxylation is 2. The Morgan fingerprint density at radius 3 is 2.65 bits per heavy atom. The zero-order valence-electron chi connectivity index (χ0n) is 19.0. The number of aliphatic imine (C=N–C) groups is 1. The molecule has 0 bridgehead atoms. The van der Waals surface area contributed by atoms with Crippen molar-refractivity contribution in [1.29, 1.82) is 0 Å². The van der Waals surface area contributed by atoms with Gasteiger partial charge in [0.15, 0.2) is 5.96 Å². The van der Waals surface area contributed by atoms with Crippen molar-refractivity contribution < 1.29 is 0 Å². The minimum atomic E-state index is 0.828. The standard InChI is InChI=1S/C24H37N7/c1-2-25-24(30-18-16-29(17-19-30)20-21-10-5-3-6-11-21)26-14-9-13-23-28-27-22-12-7-4-8-15-31(22)23/h3,5-6,10-11H,2,4,7-9,12-20H2,1H3,(H,25,26). The quantitative estimate of drug-likeness (QED) is 0.422. The van der Waals surface area contributed by atoms with E-state index in [-0.39, 0.29) is 0 Å². The number of hydrogen-bond donors (Lipinski definition) is 1. The number of aromatic nitrogens is 3. The van der Waals surface area contributed by atoms with Crippen LogP contribution in [0.5, 0.6) is 0 Å². The van der Waals surface area contributed by atoms with Crippen LogP contribution in [-0.2, 0) is 25.9 Å². The molecule has 0 spiro atoms. The molecule has 1 aromatic carbocycles. The lowest BCUT2D eigenvalue weighted by Crippen LogP contribution is -2.52. The van der Waals surface area contributed by atoms with Crippen molar-refractivity contribution in [3.8, 4) is 0 Å². The molecule has 0 saturated carbocycles.